The Bertz CT molecular complexity index is 1320. The highest BCUT2D eigenvalue weighted by Crippen LogP contribution is 2.37. The van der Waals surface area contributed by atoms with Crippen LogP contribution in [-0.4, -0.2) is 22.4 Å². The lowest BCUT2D eigenvalue weighted by molar-refractivity contribution is 0.103. The molecule has 31 heavy (non-hydrogen) atoms. The topological polar surface area (TPSA) is 58.1 Å². The number of aromatic nitrogens is 2. The average Bonchev–Trinajstić information content (AvgIpc) is 3.12. The van der Waals surface area contributed by atoms with Crippen molar-refractivity contribution in [2.24, 2.45) is 0 Å². The molecular formula is C24H21BrN4OS. The van der Waals surface area contributed by atoms with Crippen molar-refractivity contribution in [2.45, 2.75) is 26.8 Å². The number of benzene rings is 2. The largest absolute Gasteiger partial charge is 0.351 e. The Labute approximate surface area is 193 Å². The van der Waals surface area contributed by atoms with E-state index in [1.54, 1.807) is 6.33 Å². The zero-order chi connectivity index (χ0) is 21.5. The zero-order valence-corrected chi connectivity index (χ0v) is 19.7. The van der Waals surface area contributed by atoms with Crippen molar-refractivity contribution in [3.63, 3.8) is 0 Å². The van der Waals surface area contributed by atoms with E-state index in [1.807, 2.05) is 32.0 Å². The van der Waals surface area contributed by atoms with Crippen molar-refractivity contribution in [1.82, 2.24) is 9.97 Å². The maximum atomic E-state index is 13.1. The Morgan fingerprint density at radius 3 is 2.74 bits per heavy atom. The fourth-order valence-electron chi connectivity index (χ4n) is 4.13. The first-order chi connectivity index (χ1) is 15.0. The molecule has 4 aromatic rings. The van der Waals surface area contributed by atoms with Gasteiger partial charge < -0.3 is 10.2 Å². The van der Waals surface area contributed by atoms with Crippen molar-refractivity contribution in [3.8, 4) is 0 Å². The lowest BCUT2D eigenvalue weighted by Crippen LogP contribution is -2.31. The van der Waals surface area contributed by atoms with E-state index in [2.05, 4.69) is 60.4 Å². The Morgan fingerprint density at radius 1 is 1.13 bits per heavy atom. The quantitative estimate of drug-likeness (QED) is 0.387. The molecule has 0 unspecified atom stereocenters. The summed E-state index contributed by atoms with van der Waals surface area (Å²) < 4.78 is 0.990. The number of fused-ring (bicyclic) bond motifs is 2. The lowest BCUT2D eigenvalue weighted by Gasteiger charge is -2.30. The molecule has 1 aliphatic rings. The normalized spacial score (nSPS) is 13.3. The monoisotopic (exact) mass is 492 g/mol. The number of hydrogen-bond acceptors (Lipinski definition) is 5. The molecule has 0 saturated carbocycles. The molecule has 1 aliphatic heterocycles. The van der Waals surface area contributed by atoms with Gasteiger partial charge in [-0.3, -0.25) is 4.79 Å². The SMILES string of the molecule is Cc1cc(Br)ccc1NC(=O)c1sc2ncnc(N3CCc4ccccc4C3)c2c1C. The maximum Gasteiger partial charge on any atom is 0.266 e. The average molecular weight is 493 g/mol. The number of carbonyl (C=O) groups is 1. The van der Waals surface area contributed by atoms with Gasteiger partial charge in [-0.25, -0.2) is 9.97 Å². The number of rotatable bonds is 3. The van der Waals surface area contributed by atoms with Gasteiger partial charge >= 0.3 is 0 Å². The summed E-state index contributed by atoms with van der Waals surface area (Å²) in [7, 11) is 0. The number of nitrogens with zero attached hydrogens (tertiary/aromatic N) is 3. The second kappa shape index (κ2) is 8.05. The summed E-state index contributed by atoms with van der Waals surface area (Å²) in [5.41, 5.74) is 5.48. The number of hydrogen-bond donors (Lipinski definition) is 1. The fraction of sp³-hybridized carbons (Fsp3) is 0.208. The number of amides is 1. The molecule has 0 spiro atoms. The predicted molar refractivity (Wildman–Crippen MR) is 130 cm³/mol. The summed E-state index contributed by atoms with van der Waals surface area (Å²) >= 11 is 4.89. The Kier molecular flexibility index (Phi) is 5.24. The minimum atomic E-state index is -0.110. The summed E-state index contributed by atoms with van der Waals surface area (Å²) in [4.78, 5) is 26.0. The van der Waals surface area contributed by atoms with Crippen LogP contribution in [0.4, 0.5) is 11.5 Å². The molecule has 0 atom stereocenters. The molecule has 7 heteroatoms. The second-order valence-corrected chi connectivity index (χ2v) is 9.70. The molecule has 156 valence electrons. The van der Waals surface area contributed by atoms with Crippen LogP contribution < -0.4 is 10.2 Å². The molecule has 5 rings (SSSR count). The van der Waals surface area contributed by atoms with E-state index in [0.29, 0.717) is 4.88 Å². The van der Waals surface area contributed by atoms with E-state index in [1.165, 1.54) is 22.5 Å². The zero-order valence-electron chi connectivity index (χ0n) is 17.3. The number of aryl methyl sites for hydroxylation is 2. The fourth-order valence-corrected chi connectivity index (χ4v) is 5.65. The molecule has 3 heterocycles. The molecule has 2 aromatic carbocycles. The van der Waals surface area contributed by atoms with Crippen molar-refractivity contribution < 1.29 is 4.79 Å². The van der Waals surface area contributed by atoms with Gasteiger partial charge in [0, 0.05) is 23.2 Å². The molecule has 0 fully saturated rings. The minimum absolute atomic E-state index is 0.110. The maximum absolute atomic E-state index is 13.1. The van der Waals surface area contributed by atoms with Gasteiger partial charge in [0.1, 0.15) is 17.0 Å². The number of anilines is 2. The van der Waals surface area contributed by atoms with E-state index in [-0.39, 0.29) is 5.91 Å². The highest BCUT2D eigenvalue weighted by molar-refractivity contribution is 9.10. The van der Waals surface area contributed by atoms with E-state index in [9.17, 15) is 4.79 Å². The third-order valence-corrected chi connectivity index (χ3v) is 7.47. The van der Waals surface area contributed by atoms with Gasteiger partial charge in [0.25, 0.3) is 5.91 Å². The Morgan fingerprint density at radius 2 is 1.94 bits per heavy atom. The molecule has 5 nitrogen and oxygen atoms in total. The molecule has 0 aliphatic carbocycles. The molecular weight excluding hydrogens is 472 g/mol. The molecule has 0 radical (unpaired) electrons. The first-order valence-corrected chi connectivity index (χ1v) is 11.8. The lowest BCUT2D eigenvalue weighted by atomic mass is 9.99. The van der Waals surface area contributed by atoms with Crippen molar-refractivity contribution in [1.29, 1.82) is 0 Å². The van der Waals surface area contributed by atoms with Crippen LogP contribution in [0.2, 0.25) is 0 Å². The summed E-state index contributed by atoms with van der Waals surface area (Å²) in [5, 5.41) is 4.03. The standard InChI is InChI=1S/C24H21BrN4OS/c1-14-11-18(25)7-8-19(14)28-23(30)21-15(2)20-22(26-13-27-24(20)31-21)29-10-9-16-5-3-4-6-17(16)12-29/h3-8,11,13H,9-10,12H2,1-2H3,(H,28,30). The van der Waals surface area contributed by atoms with Crippen LogP contribution in [0.1, 0.15) is 31.9 Å². The molecule has 0 bridgehead atoms. The smallest absolute Gasteiger partial charge is 0.266 e. The summed E-state index contributed by atoms with van der Waals surface area (Å²) in [5.74, 6) is 0.799. The molecule has 1 N–H and O–H groups in total. The van der Waals surface area contributed by atoms with E-state index >= 15 is 0 Å². The van der Waals surface area contributed by atoms with Crippen LogP contribution in [0.3, 0.4) is 0 Å². The van der Waals surface area contributed by atoms with Gasteiger partial charge in [-0.15, -0.1) is 11.3 Å². The van der Waals surface area contributed by atoms with Gasteiger partial charge in [-0.05, 0) is 60.7 Å². The number of carbonyl (C=O) groups excluding carboxylic acids is 1. The third kappa shape index (κ3) is 3.72. The van der Waals surface area contributed by atoms with Gasteiger partial charge in [0.15, 0.2) is 0 Å². The number of thiophene rings is 1. The van der Waals surface area contributed by atoms with Crippen LogP contribution in [-0.2, 0) is 13.0 Å². The minimum Gasteiger partial charge on any atom is -0.351 e. The summed E-state index contributed by atoms with van der Waals surface area (Å²) in [6, 6.07) is 14.4. The van der Waals surface area contributed by atoms with Crippen molar-refractivity contribution >= 4 is 54.9 Å². The Hall–Kier alpha value is -2.77. The van der Waals surface area contributed by atoms with Crippen LogP contribution >= 0.6 is 27.3 Å². The van der Waals surface area contributed by atoms with E-state index in [4.69, 9.17) is 0 Å². The van der Waals surface area contributed by atoms with Crippen LogP contribution in [0, 0.1) is 13.8 Å². The van der Waals surface area contributed by atoms with Crippen molar-refractivity contribution in [3.05, 3.63) is 80.4 Å². The summed E-state index contributed by atoms with van der Waals surface area (Å²) in [6.07, 6.45) is 2.59. The van der Waals surface area contributed by atoms with Gasteiger partial charge in [-0.1, -0.05) is 40.2 Å². The van der Waals surface area contributed by atoms with Gasteiger partial charge in [0.2, 0.25) is 0 Å². The van der Waals surface area contributed by atoms with Gasteiger partial charge in [-0.2, -0.15) is 0 Å². The highest BCUT2D eigenvalue weighted by atomic mass is 79.9. The Balaban J connectivity index is 1.50. The summed E-state index contributed by atoms with van der Waals surface area (Å²) in [6.45, 7) is 5.69. The molecule has 1 amide bonds. The first-order valence-electron chi connectivity index (χ1n) is 10.1. The van der Waals surface area contributed by atoms with Crippen molar-refractivity contribution in [2.75, 3.05) is 16.8 Å². The van der Waals surface area contributed by atoms with Gasteiger partial charge in [0.05, 0.1) is 10.3 Å². The molecule has 2 aromatic heterocycles. The van der Waals surface area contributed by atoms with Crippen LogP contribution in [0.5, 0.6) is 0 Å². The van der Waals surface area contributed by atoms with Crippen LogP contribution in [0.15, 0.2) is 53.3 Å². The number of nitrogens with one attached hydrogen (secondary N) is 1. The second-order valence-electron chi connectivity index (χ2n) is 7.79. The number of halogens is 1. The van der Waals surface area contributed by atoms with E-state index in [0.717, 1.165) is 56.8 Å². The highest BCUT2D eigenvalue weighted by Gasteiger charge is 2.24. The first kappa shape index (κ1) is 20.2. The van der Waals surface area contributed by atoms with Crippen LogP contribution in [0.25, 0.3) is 10.2 Å². The van der Waals surface area contributed by atoms with E-state index < -0.39 is 0 Å². The third-order valence-electron chi connectivity index (χ3n) is 5.78. The molecule has 0 saturated heterocycles. The predicted octanol–water partition coefficient (Wildman–Crippen LogP) is 5.89.